The quantitative estimate of drug-likeness (QED) is 0.351. The van der Waals surface area contributed by atoms with Crippen molar-refractivity contribution in [2.75, 3.05) is 7.11 Å². The number of ether oxygens (including phenoxy) is 1. The monoisotopic (exact) mass is 375 g/mol. The van der Waals surface area contributed by atoms with Gasteiger partial charge in [0.25, 0.3) is 0 Å². The lowest BCUT2D eigenvalue weighted by atomic mass is 9.90. The van der Waals surface area contributed by atoms with E-state index in [9.17, 15) is 0 Å². The van der Waals surface area contributed by atoms with Crippen molar-refractivity contribution in [1.82, 2.24) is 4.98 Å². The molecule has 0 aliphatic carbocycles. The minimum absolute atomic E-state index is 0.855. The third kappa shape index (κ3) is 3.34. The summed E-state index contributed by atoms with van der Waals surface area (Å²) in [5.74, 6) is 0.880. The molecule has 5 aromatic rings. The lowest BCUT2D eigenvalue weighted by Gasteiger charge is -2.14. The highest BCUT2D eigenvalue weighted by Crippen LogP contribution is 2.34. The Morgan fingerprint density at radius 3 is 2.14 bits per heavy atom. The molecule has 0 bridgehead atoms. The summed E-state index contributed by atoms with van der Waals surface area (Å²) in [6.07, 6.45) is 4.78. The summed E-state index contributed by atoms with van der Waals surface area (Å²) in [4.78, 5) is 4.52. The second-order valence-electron chi connectivity index (χ2n) is 7.29. The Hall–Kier alpha value is -3.65. The lowest BCUT2D eigenvalue weighted by molar-refractivity contribution is 0.414. The number of benzene rings is 4. The van der Waals surface area contributed by atoms with Crippen molar-refractivity contribution in [2.45, 2.75) is 6.42 Å². The summed E-state index contributed by atoms with van der Waals surface area (Å²) < 4.78 is 5.31. The summed E-state index contributed by atoms with van der Waals surface area (Å²) in [6, 6.07) is 29.9. The fourth-order valence-corrected chi connectivity index (χ4v) is 3.98. The zero-order valence-electron chi connectivity index (χ0n) is 16.3. The van der Waals surface area contributed by atoms with Gasteiger partial charge >= 0.3 is 0 Å². The van der Waals surface area contributed by atoms with Gasteiger partial charge < -0.3 is 4.74 Å². The van der Waals surface area contributed by atoms with E-state index in [1.54, 1.807) is 7.11 Å². The molecule has 29 heavy (non-hydrogen) atoms. The van der Waals surface area contributed by atoms with Crippen LogP contribution in [0.4, 0.5) is 0 Å². The molecule has 0 saturated heterocycles. The molecular weight excluding hydrogens is 354 g/mol. The SMILES string of the molecule is COc1ccc(Cc2cc3ccccc3cc2-c2cncc3ccccc23)cc1. The van der Waals surface area contributed by atoms with Crippen LogP contribution in [-0.2, 0) is 6.42 Å². The maximum absolute atomic E-state index is 5.31. The third-order valence-corrected chi connectivity index (χ3v) is 5.48. The Kier molecular flexibility index (Phi) is 4.45. The van der Waals surface area contributed by atoms with E-state index in [1.165, 1.54) is 38.4 Å². The number of aromatic nitrogens is 1. The van der Waals surface area contributed by atoms with Crippen LogP contribution in [0, 0.1) is 0 Å². The van der Waals surface area contributed by atoms with Crippen LogP contribution in [0.25, 0.3) is 32.7 Å². The molecule has 0 N–H and O–H groups in total. The van der Waals surface area contributed by atoms with Crippen LogP contribution in [-0.4, -0.2) is 12.1 Å². The molecule has 0 radical (unpaired) electrons. The van der Waals surface area contributed by atoms with Crippen LogP contribution in [0.5, 0.6) is 5.75 Å². The van der Waals surface area contributed by atoms with Gasteiger partial charge in [-0.1, -0.05) is 66.7 Å². The summed E-state index contributed by atoms with van der Waals surface area (Å²) >= 11 is 0. The van der Waals surface area contributed by atoms with Gasteiger partial charge in [0.2, 0.25) is 0 Å². The highest BCUT2D eigenvalue weighted by Gasteiger charge is 2.12. The fourth-order valence-electron chi connectivity index (χ4n) is 3.98. The Labute approximate surface area is 170 Å². The number of hydrogen-bond acceptors (Lipinski definition) is 2. The van der Waals surface area contributed by atoms with Gasteiger partial charge in [0, 0.05) is 23.3 Å². The van der Waals surface area contributed by atoms with Crippen molar-refractivity contribution in [1.29, 1.82) is 0 Å². The van der Waals surface area contributed by atoms with Gasteiger partial charge in [0.05, 0.1) is 7.11 Å². The van der Waals surface area contributed by atoms with E-state index in [4.69, 9.17) is 4.74 Å². The van der Waals surface area contributed by atoms with E-state index < -0.39 is 0 Å². The zero-order chi connectivity index (χ0) is 19.6. The van der Waals surface area contributed by atoms with Crippen LogP contribution in [0.3, 0.4) is 0 Å². The van der Waals surface area contributed by atoms with Crippen LogP contribution in [0.2, 0.25) is 0 Å². The Morgan fingerprint density at radius 2 is 1.38 bits per heavy atom. The van der Waals surface area contributed by atoms with Gasteiger partial charge in [0.15, 0.2) is 0 Å². The van der Waals surface area contributed by atoms with E-state index in [2.05, 4.69) is 77.8 Å². The Morgan fingerprint density at radius 1 is 0.690 bits per heavy atom. The molecule has 0 atom stereocenters. The number of methoxy groups -OCH3 is 1. The number of hydrogen-bond donors (Lipinski definition) is 0. The predicted molar refractivity (Wildman–Crippen MR) is 120 cm³/mol. The summed E-state index contributed by atoms with van der Waals surface area (Å²) in [7, 11) is 1.70. The van der Waals surface area contributed by atoms with Crippen molar-refractivity contribution in [2.24, 2.45) is 0 Å². The van der Waals surface area contributed by atoms with Crippen LogP contribution < -0.4 is 4.74 Å². The highest BCUT2D eigenvalue weighted by molar-refractivity contribution is 5.99. The molecule has 0 aliphatic rings. The molecule has 140 valence electrons. The molecule has 2 nitrogen and oxygen atoms in total. The predicted octanol–water partition coefficient (Wildman–Crippen LogP) is 6.65. The molecular formula is C27H21NO. The van der Waals surface area contributed by atoms with Crippen LogP contribution in [0.15, 0.2) is 97.3 Å². The van der Waals surface area contributed by atoms with Gasteiger partial charge in [-0.2, -0.15) is 0 Å². The van der Waals surface area contributed by atoms with Crippen molar-refractivity contribution in [3.05, 3.63) is 108 Å². The number of rotatable bonds is 4. The van der Waals surface area contributed by atoms with E-state index in [-0.39, 0.29) is 0 Å². The lowest BCUT2D eigenvalue weighted by Crippen LogP contribution is -1.95. The van der Waals surface area contributed by atoms with Gasteiger partial charge in [-0.05, 0) is 57.5 Å². The fraction of sp³-hybridized carbons (Fsp3) is 0.0741. The third-order valence-electron chi connectivity index (χ3n) is 5.48. The average Bonchev–Trinajstić information content (AvgIpc) is 2.79. The molecule has 0 unspecified atom stereocenters. The van der Waals surface area contributed by atoms with E-state index in [0.29, 0.717) is 0 Å². The smallest absolute Gasteiger partial charge is 0.118 e. The first-order chi connectivity index (χ1) is 14.3. The molecule has 0 fully saturated rings. The van der Waals surface area contributed by atoms with Crippen molar-refractivity contribution in [3.63, 3.8) is 0 Å². The molecule has 0 aliphatic heterocycles. The minimum atomic E-state index is 0.855. The maximum Gasteiger partial charge on any atom is 0.118 e. The largest absolute Gasteiger partial charge is 0.497 e. The molecule has 2 heteroatoms. The van der Waals surface area contributed by atoms with Crippen LogP contribution in [0.1, 0.15) is 11.1 Å². The number of fused-ring (bicyclic) bond motifs is 2. The first-order valence-electron chi connectivity index (χ1n) is 9.79. The molecule has 0 spiro atoms. The summed E-state index contributed by atoms with van der Waals surface area (Å²) in [5, 5.41) is 4.89. The number of nitrogens with zero attached hydrogens (tertiary/aromatic N) is 1. The van der Waals surface area contributed by atoms with E-state index in [1.807, 2.05) is 24.5 Å². The molecule has 5 rings (SSSR count). The first-order valence-corrected chi connectivity index (χ1v) is 9.79. The second kappa shape index (κ2) is 7.40. The molecule has 0 saturated carbocycles. The Bertz CT molecular complexity index is 1300. The molecule has 1 heterocycles. The van der Waals surface area contributed by atoms with Crippen LogP contribution >= 0.6 is 0 Å². The van der Waals surface area contributed by atoms with Gasteiger partial charge in [-0.15, -0.1) is 0 Å². The highest BCUT2D eigenvalue weighted by atomic mass is 16.5. The normalized spacial score (nSPS) is 11.1. The molecule has 1 aromatic heterocycles. The molecule has 4 aromatic carbocycles. The topological polar surface area (TPSA) is 22.1 Å². The zero-order valence-corrected chi connectivity index (χ0v) is 16.3. The van der Waals surface area contributed by atoms with E-state index in [0.717, 1.165) is 17.6 Å². The standard InChI is InChI=1S/C27H21NO/c1-29-24-12-10-19(11-13-24)14-23-15-20-6-2-3-7-21(20)16-26(23)27-18-28-17-22-8-4-5-9-25(22)27/h2-13,15-18H,14H2,1H3. The van der Waals surface area contributed by atoms with Crippen molar-refractivity contribution in [3.8, 4) is 16.9 Å². The van der Waals surface area contributed by atoms with Gasteiger partial charge in [0.1, 0.15) is 5.75 Å². The summed E-state index contributed by atoms with van der Waals surface area (Å²) in [6.45, 7) is 0. The minimum Gasteiger partial charge on any atom is -0.497 e. The second-order valence-corrected chi connectivity index (χ2v) is 7.29. The summed E-state index contributed by atoms with van der Waals surface area (Å²) in [5.41, 5.74) is 4.98. The van der Waals surface area contributed by atoms with Gasteiger partial charge in [-0.25, -0.2) is 0 Å². The first kappa shape index (κ1) is 17.4. The van der Waals surface area contributed by atoms with Crippen molar-refractivity contribution < 1.29 is 4.74 Å². The van der Waals surface area contributed by atoms with Gasteiger partial charge in [-0.3, -0.25) is 4.98 Å². The Balaban J connectivity index is 1.71. The molecule has 0 amide bonds. The van der Waals surface area contributed by atoms with E-state index >= 15 is 0 Å². The average molecular weight is 375 g/mol. The van der Waals surface area contributed by atoms with Crippen molar-refractivity contribution >= 4 is 21.5 Å². The maximum atomic E-state index is 5.31. The number of pyridine rings is 1.